The molecule has 3 nitrogen and oxygen atoms in total. The number of aromatic nitrogens is 2. The Morgan fingerprint density at radius 1 is 1.20 bits per heavy atom. The molecule has 0 atom stereocenters. The zero-order chi connectivity index (χ0) is 10.7. The Hall–Kier alpha value is -2.10. The molecule has 0 radical (unpaired) electrons. The minimum absolute atomic E-state index is 0.307. The van der Waals surface area contributed by atoms with Crippen molar-refractivity contribution >= 4 is 6.29 Å². The number of carbonyl (C=O) groups is 1. The maximum atomic E-state index is 12.7. The van der Waals surface area contributed by atoms with Crippen LogP contribution in [0.15, 0.2) is 36.5 Å². The topological polar surface area (TPSA) is 42.9 Å². The molecule has 1 aromatic carbocycles. The molecule has 1 aromatic heterocycles. The molecule has 0 fully saturated rings. The Labute approximate surface area is 85.6 Å². The van der Waals surface area contributed by atoms with Crippen LogP contribution in [0.1, 0.15) is 10.4 Å². The van der Waals surface area contributed by atoms with Crippen molar-refractivity contribution in [2.45, 2.75) is 0 Å². The van der Waals surface area contributed by atoms with Crippen LogP contribution >= 0.6 is 0 Å². The van der Waals surface area contributed by atoms with E-state index in [2.05, 4.69) is 10.2 Å². The number of aldehydes is 1. The fraction of sp³-hybridized carbons (Fsp3) is 0. The summed E-state index contributed by atoms with van der Waals surface area (Å²) in [4.78, 5) is 10.5. The molecule has 0 spiro atoms. The second-order valence-corrected chi connectivity index (χ2v) is 3.00. The molecule has 4 heteroatoms. The van der Waals surface area contributed by atoms with E-state index in [0.29, 0.717) is 17.5 Å². The number of benzene rings is 1. The van der Waals surface area contributed by atoms with Crippen molar-refractivity contribution in [3.63, 3.8) is 0 Å². The highest BCUT2D eigenvalue weighted by atomic mass is 19.1. The zero-order valence-electron chi connectivity index (χ0n) is 7.72. The summed E-state index contributed by atoms with van der Waals surface area (Å²) in [6.07, 6.45) is 2.07. The molecule has 15 heavy (non-hydrogen) atoms. The smallest absolute Gasteiger partial charge is 0.151 e. The Morgan fingerprint density at radius 2 is 1.93 bits per heavy atom. The molecule has 74 valence electrons. The first-order valence-electron chi connectivity index (χ1n) is 4.33. The standard InChI is InChI=1S/C11H7FN2O/c12-10-3-1-9(2-4-10)11-5-8(7-15)6-13-14-11/h1-7H. The fourth-order valence-corrected chi connectivity index (χ4v) is 1.21. The molecule has 0 aliphatic rings. The third kappa shape index (κ3) is 2.04. The van der Waals surface area contributed by atoms with Crippen molar-refractivity contribution in [3.05, 3.63) is 47.9 Å². The molecule has 0 saturated carbocycles. The molecule has 0 aliphatic heterocycles. The second-order valence-electron chi connectivity index (χ2n) is 3.00. The first kappa shape index (κ1) is 9.45. The Bertz CT molecular complexity index is 482. The van der Waals surface area contributed by atoms with E-state index < -0.39 is 0 Å². The summed E-state index contributed by atoms with van der Waals surface area (Å²) in [5.74, 6) is -0.307. The summed E-state index contributed by atoms with van der Waals surface area (Å²) in [5.41, 5.74) is 1.73. The number of halogens is 1. The average Bonchev–Trinajstić information content (AvgIpc) is 2.30. The summed E-state index contributed by atoms with van der Waals surface area (Å²) in [7, 11) is 0. The predicted molar refractivity (Wildman–Crippen MR) is 52.8 cm³/mol. The summed E-state index contributed by atoms with van der Waals surface area (Å²) < 4.78 is 12.7. The van der Waals surface area contributed by atoms with E-state index in [1.54, 1.807) is 18.2 Å². The van der Waals surface area contributed by atoms with Gasteiger partial charge in [0.15, 0.2) is 6.29 Å². The molecule has 2 aromatic rings. The monoisotopic (exact) mass is 202 g/mol. The molecule has 2 rings (SSSR count). The Morgan fingerprint density at radius 3 is 2.60 bits per heavy atom. The van der Waals surface area contributed by atoms with Gasteiger partial charge < -0.3 is 0 Å². The molecule has 0 saturated heterocycles. The molecule has 0 aliphatic carbocycles. The van der Waals surface area contributed by atoms with Crippen LogP contribution in [0.4, 0.5) is 4.39 Å². The number of nitrogens with zero attached hydrogens (tertiary/aromatic N) is 2. The van der Waals surface area contributed by atoms with Gasteiger partial charge in [-0.3, -0.25) is 4.79 Å². The van der Waals surface area contributed by atoms with Gasteiger partial charge in [0, 0.05) is 11.1 Å². The third-order valence-electron chi connectivity index (χ3n) is 1.95. The Balaban J connectivity index is 2.44. The minimum atomic E-state index is -0.307. The number of hydrogen-bond donors (Lipinski definition) is 0. The third-order valence-corrected chi connectivity index (χ3v) is 1.95. The first-order chi connectivity index (χ1) is 7.29. The molecular formula is C11H7FN2O. The lowest BCUT2D eigenvalue weighted by Crippen LogP contribution is -1.90. The van der Waals surface area contributed by atoms with Gasteiger partial charge in [-0.05, 0) is 30.3 Å². The Kier molecular flexibility index (Phi) is 2.49. The van der Waals surface area contributed by atoms with E-state index in [1.165, 1.54) is 18.3 Å². The predicted octanol–water partition coefficient (Wildman–Crippen LogP) is 2.10. The van der Waals surface area contributed by atoms with E-state index in [4.69, 9.17) is 0 Å². The van der Waals surface area contributed by atoms with Crippen molar-refractivity contribution in [3.8, 4) is 11.3 Å². The largest absolute Gasteiger partial charge is 0.298 e. The highest BCUT2D eigenvalue weighted by Crippen LogP contribution is 2.16. The van der Waals surface area contributed by atoms with E-state index in [0.717, 1.165) is 5.56 Å². The zero-order valence-corrected chi connectivity index (χ0v) is 7.72. The highest BCUT2D eigenvalue weighted by Gasteiger charge is 2.01. The summed E-state index contributed by atoms with van der Waals surface area (Å²) in [6, 6.07) is 7.46. The van der Waals surface area contributed by atoms with Crippen LogP contribution in [-0.2, 0) is 0 Å². The molecule has 0 N–H and O–H groups in total. The van der Waals surface area contributed by atoms with E-state index >= 15 is 0 Å². The molecular weight excluding hydrogens is 195 g/mol. The number of hydrogen-bond acceptors (Lipinski definition) is 3. The number of carbonyl (C=O) groups excluding carboxylic acids is 1. The highest BCUT2D eigenvalue weighted by molar-refractivity contribution is 5.76. The van der Waals surface area contributed by atoms with Crippen LogP contribution in [-0.4, -0.2) is 16.5 Å². The van der Waals surface area contributed by atoms with Crippen LogP contribution in [0.25, 0.3) is 11.3 Å². The van der Waals surface area contributed by atoms with Gasteiger partial charge in [0.2, 0.25) is 0 Å². The van der Waals surface area contributed by atoms with Crippen LogP contribution < -0.4 is 0 Å². The number of rotatable bonds is 2. The van der Waals surface area contributed by atoms with E-state index in [1.807, 2.05) is 0 Å². The van der Waals surface area contributed by atoms with E-state index in [9.17, 15) is 9.18 Å². The van der Waals surface area contributed by atoms with Gasteiger partial charge in [0.05, 0.1) is 11.9 Å². The van der Waals surface area contributed by atoms with Crippen molar-refractivity contribution in [2.24, 2.45) is 0 Å². The fourth-order valence-electron chi connectivity index (χ4n) is 1.21. The van der Waals surface area contributed by atoms with Gasteiger partial charge in [-0.2, -0.15) is 10.2 Å². The van der Waals surface area contributed by atoms with Gasteiger partial charge in [0.1, 0.15) is 5.82 Å². The van der Waals surface area contributed by atoms with Crippen molar-refractivity contribution in [1.29, 1.82) is 0 Å². The van der Waals surface area contributed by atoms with Gasteiger partial charge >= 0.3 is 0 Å². The molecule has 0 unspecified atom stereocenters. The maximum Gasteiger partial charge on any atom is 0.151 e. The SMILES string of the molecule is O=Cc1cnnc(-c2ccc(F)cc2)c1. The summed E-state index contributed by atoms with van der Waals surface area (Å²) in [5, 5.41) is 7.54. The van der Waals surface area contributed by atoms with E-state index in [-0.39, 0.29) is 5.82 Å². The van der Waals surface area contributed by atoms with Gasteiger partial charge in [-0.15, -0.1) is 0 Å². The first-order valence-corrected chi connectivity index (χ1v) is 4.33. The average molecular weight is 202 g/mol. The normalized spacial score (nSPS) is 9.93. The van der Waals surface area contributed by atoms with Crippen LogP contribution in [0.2, 0.25) is 0 Å². The van der Waals surface area contributed by atoms with Crippen LogP contribution in [0, 0.1) is 5.82 Å². The van der Waals surface area contributed by atoms with Gasteiger partial charge in [-0.1, -0.05) is 0 Å². The lowest BCUT2D eigenvalue weighted by Gasteiger charge is -1.99. The summed E-state index contributed by atoms with van der Waals surface area (Å²) in [6.45, 7) is 0. The van der Waals surface area contributed by atoms with Gasteiger partial charge in [0.25, 0.3) is 0 Å². The van der Waals surface area contributed by atoms with Crippen LogP contribution in [0.5, 0.6) is 0 Å². The van der Waals surface area contributed by atoms with Crippen LogP contribution in [0.3, 0.4) is 0 Å². The maximum absolute atomic E-state index is 12.7. The molecule has 0 bridgehead atoms. The second kappa shape index (κ2) is 3.96. The minimum Gasteiger partial charge on any atom is -0.298 e. The van der Waals surface area contributed by atoms with Gasteiger partial charge in [-0.25, -0.2) is 4.39 Å². The lowest BCUT2D eigenvalue weighted by atomic mass is 10.1. The van der Waals surface area contributed by atoms with Crippen molar-refractivity contribution < 1.29 is 9.18 Å². The quantitative estimate of drug-likeness (QED) is 0.700. The molecule has 0 amide bonds. The van der Waals surface area contributed by atoms with Crippen molar-refractivity contribution in [1.82, 2.24) is 10.2 Å². The lowest BCUT2D eigenvalue weighted by molar-refractivity contribution is 0.112. The van der Waals surface area contributed by atoms with Crippen molar-refractivity contribution in [2.75, 3.05) is 0 Å². The summed E-state index contributed by atoms with van der Waals surface area (Å²) >= 11 is 0. The molecule has 1 heterocycles.